The summed E-state index contributed by atoms with van der Waals surface area (Å²) in [5.41, 5.74) is 2.25. The fraction of sp³-hybridized carbons (Fsp3) is 0.500. The molecular weight excluding hydrogens is 250 g/mol. The Morgan fingerprint density at radius 2 is 2.10 bits per heavy atom. The molecular formula is C16H21N3O. The standard InChI is InChI=1S/C16H21N3O/c1-12-5-7-13(8-6-12)16-18-15(20-19-16)10-9-14-4-2-3-11-17-14/h5-8,14,17H,2-4,9-11H2,1H3. The summed E-state index contributed by atoms with van der Waals surface area (Å²) in [6.07, 6.45) is 5.83. The van der Waals surface area contributed by atoms with E-state index >= 15 is 0 Å². The zero-order valence-electron chi connectivity index (χ0n) is 11.9. The minimum absolute atomic E-state index is 0.610. The van der Waals surface area contributed by atoms with Crippen LogP contribution in [0, 0.1) is 6.92 Å². The van der Waals surface area contributed by atoms with Crippen molar-refractivity contribution < 1.29 is 4.52 Å². The summed E-state index contributed by atoms with van der Waals surface area (Å²) in [5.74, 6) is 1.43. The van der Waals surface area contributed by atoms with E-state index in [9.17, 15) is 0 Å². The molecule has 0 amide bonds. The molecule has 1 saturated heterocycles. The van der Waals surface area contributed by atoms with Crippen LogP contribution in [-0.2, 0) is 6.42 Å². The summed E-state index contributed by atoms with van der Waals surface area (Å²) >= 11 is 0. The van der Waals surface area contributed by atoms with Gasteiger partial charge in [-0.2, -0.15) is 4.98 Å². The molecule has 0 saturated carbocycles. The Morgan fingerprint density at radius 3 is 2.85 bits per heavy atom. The molecule has 20 heavy (non-hydrogen) atoms. The van der Waals surface area contributed by atoms with Gasteiger partial charge in [0.1, 0.15) is 0 Å². The molecule has 1 fully saturated rings. The van der Waals surface area contributed by atoms with Crippen molar-refractivity contribution in [3.8, 4) is 11.4 Å². The summed E-state index contributed by atoms with van der Waals surface area (Å²) < 4.78 is 5.35. The smallest absolute Gasteiger partial charge is 0.227 e. The number of hydrogen-bond donors (Lipinski definition) is 1. The lowest BCUT2D eigenvalue weighted by Gasteiger charge is -2.22. The van der Waals surface area contributed by atoms with Gasteiger partial charge in [0.2, 0.25) is 11.7 Å². The van der Waals surface area contributed by atoms with E-state index in [2.05, 4.69) is 34.5 Å². The summed E-state index contributed by atoms with van der Waals surface area (Å²) in [6, 6.07) is 8.81. The van der Waals surface area contributed by atoms with Gasteiger partial charge < -0.3 is 9.84 Å². The molecule has 0 bridgehead atoms. The minimum atomic E-state index is 0.610. The maximum atomic E-state index is 5.35. The van der Waals surface area contributed by atoms with Crippen LogP contribution in [0.4, 0.5) is 0 Å². The van der Waals surface area contributed by atoms with Gasteiger partial charge in [0.05, 0.1) is 0 Å². The molecule has 2 aromatic rings. The van der Waals surface area contributed by atoms with Crippen molar-refractivity contribution in [2.45, 2.75) is 45.1 Å². The quantitative estimate of drug-likeness (QED) is 0.928. The first-order valence-corrected chi connectivity index (χ1v) is 7.44. The number of piperidine rings is 1. The van der Waals surface area contributed by atoms with Crippen molar-refractivity contribution in [1.29, 1.82) is 0 Å². The van der Waals surface area contributed by atoms with Gasteiger partial charge in [-0.25, -0.2) is 0 Å². The van der Waals surface area contributed by atoms with Gasteiger partial charge in [0.15, 0.2) is 0 Å². The normalized spacial score (nSPS) is 19.1. The van der Waals surface area contributed by atoms with Gasteiger partial charge >= 0.3 is 0 Å². The summed E-state index contributed by atoms with van der Waals surface area (Å²) in [4.78, 5) is 4.49. The highest BCUT2D eigenvalue weighted by Gasteiger charge is 2.14. The highest BCUT2D eigenvalue weighted by Crippen LogP contribution is 2.18. The van der Waals surface area contributed by atoms with E-state index in [1.54, 1.807) is 0 Å². The van der Waals surface area contributed by atoms with Crippen molar-refractivity contribution in [1.82, 2.24) is 15.5 Å². The monoisotopic (exact) mass is 271 g/mol. The third-order valence-electron chi connectivity index (χ3n) is 3.90. The van der Waals surface area contributed by atoms with Gasteiger partial charge in [-0.1, -0.05) is 41.4 Å². The van der Waals surface area contributed by atoms with Crippen molar-refractivity contribution in [2.75, 3.05) is 6.54 Å². The molecule has 1 atom stereocenters. The van der Waals surface area contributed by atoms with Crippen molar-refractivity contribution in [2.24, 2.45) is 0 Å². The fourth-order valence-corrected chi connectivity index (χ4v) is 2.64. The highest BCUT2D eigenvalue weighted by atomic mass is 16.5. The fourth-order valence-electron chi connectivity index (χ4n) is 2.64. The Morgan fingerprint density at radius 1 is 1.25 bits per heavy atom. The topological polar surface area (TPSA) is 51.0 Å². The van der Waals surface area contributed by atoms with Gasteiger partial charge in [0, 0.05) is 18.0 Å². The molecule has 1 aliphatic heterocycles. The Bertz CT molecular complexity index is 541. The largest absolute Gasteiger partial charge is 0.339 e. The first-order chi connectivity index (χ1) is 9.81. The number of aromatic nitrogens is 2. The summed E-state index contributed by atoms with van der Waals surface area (Å²) in [5, 5.41) is 7.62. The predicted octanol–water partition coefficient (Wildman–Crippen LogP) is 3.12. The van der Waals surface area contributed by atoms with Gasteiger partial charge in [-0.3, -0.25) is 0 Å². The van der Waals surface area contributed by atoms with E-state index in [0.717, 1.165) is 30.8 Å². The zero-order valence-corrected chi connectivity index (χ0v) is 11.9. The van der Waals surface area contributed by atoms with Crippen LogP contribution in [0.1, 0.15) is 37.1 Å². The molecule has 0 radical (unpaired) electrons. The van der Waals surface area contributed by atoms with Gasteiger partial charge in [-0.05, 0) is 32.7 Å². The van der Waals surface area contributed by atoms with E-state index in [1.165, 1.54) is 24.8 Å². The van der Waals surface area contributed by atoms with Gasteiger partial charge in [0.25, 0.3) is 0 Å². The highest BCUT2D eigenvalue weighted by molar-refractivity contribution is 5.54. The number of nitrogens with one attached hydrogen (secondary N) is 1. The average Bonchev–Trinajstić information content (AvgIpc) is 2.96. The van der Waals surface area contributed by atoms with E-state index < -0.39 is 0 Å². The Labute approximate surface area is 119 Å². The van der Waals surface area contributed by atoms with Crippen LogP contribution in [0.5, 0.6) is 0 Å². The van der Waals surface area contributed by atoms with Crippen LogP contribution in [-0.4, -0.2) is 22.7 Å². The van der Waals surface area contributed by atoms with Crippen LogP contribution >= 0.6 is 0 Å². The molecule has 4 heteroatoms. The molecule has 3 rings (SSSR count). The van der Waals surface area contributed by atoms with E-state index in [-0.39, 0.29) is 0 Å². The number of nitrogens with zero attached hydrogens (tertiary/aromatic N) is 2. The Kier molecular flexibility index (Phi) is 4.11. The van der Waals surface area contributed by atoms with E-state index in [4.69, 9.17) is 4.52 Å². The van der Waals surface area contributed by atoms with Crippen LogP contribution in [0.3, 0.4) is 0 Å². The van der Waals surface area contributed by atoms with Gasteiger partial charge in [-0.15, -0.1) is 0 Å². The molecule has 1 unspecified atom stereocenters. The molecule has 2 heterocycles. The molecule has 1 aliphatic rings. The molecule has 1 aromatic heterocycles. The minimum Gasteiger partial charge on any atom is -0.339 e. The molecule has 106 valence electrons. The maximum Gasteiger partial charge on any atom is 0.227 e. The summed E-state index contributed by atoms with van der Waals surface area (Å²) in [7, 11) is 0. The number of benzene rings is 1. The SMILES string of the molecule is Cc1ccc(-c2noc(CCC3CCCCN3)n2)cc1. The second-order valence-electron chi connectivity index (χ2n) is 5.56. The second-order valence-corrected chi connectivity index (χ2v) is 5.56. The number of aryl methyl sites for hydroxylation is 2. The summed E-state index contributed by atoms with van der Waals surface area (Å²) in [6.45, 7) is 3.21. The Balaban J connectivity index is 1.60. The third kappa shape index (κ3) is 3.25. The molecule has 4 nitrogen and oxygen atoms in total. The Hall–Kier alpha value is -1.68. The van der Waals surface area contributed by atoms with Crippen molar-refractivity contribution in [3.05, 3.63) is 35.7 Å². The predicted molar refractivity (Wildman–Crippen MR) is 78.4 cm³/mol. The molecule has 0 aliphatic carbocycles. The van der Waals surface area contributed by atoms with Crippen LogP contribution in [0.25, 0.3) is 11.4 Å². The van der Waals surface area contributed by atoms with Crippen LogP contribution in [0.2, 0.25) is 0 Å². The number of rotatable bonds is 4. The average molecular weight is 271 g/mol. The van der Waals surface area contributed by atoms with E-state index in [0.29, 0.717) is 11.9 Å². The first kappa shape index (κ1) is 13.3. The molecule has 1 aromatic carbocycles. The van der Waals surface area contributed by atoms with Crippen LogP contribution in [0.15, 0.2) is 28.8 Å². The second kappa shape index (κ2) is 6.18. The lowest BCUT2D eigenvalue weighted by molar-refractivity contribution is 0.342. The van der Waals surface area contributed by atoms with Crippen molar-refractivity contribution >= 4 is 0 Å². The zero-order chi connectivity index (χ0) is 13.8. The number of hydrogen-bond acceptors (Lipinski definition) is 4. The molecule has 1 N–H and O–H groups in total. The van der Waals surface area contributed by atoms with Crippen LogP contribution < -0.4 is 5.32 Å². The van der Waals surface area contributed by atoms with Crippen molar-refractivity contribution in [3.63, 3.8) is 0 Å². The molecule has 0 spiro atoms. The third-order valence-corrected chi connectivity index (χ3v) is 3.90. The first-order valence-electron chi connectivity index (χ1n) is 7.44. The lowest BCUT2D eigenvalue weighted by Crippen LogP contribution is -2.34. The maximum absolute atomic E-state index is 5.35. The van der Waals surface area contributed by atoms with E-state index in [1.807, 2.05) is 12.1 Å². The lowest BCUT2D eigenvalue weighted by atomic mass is 10.0.